The maximum Gasteiger partial charge on any atom is 0.311 e. The number of hydrogen-bond acceptors (Lipinski definition) is 8. The van der Waals surface area contributed by atoms with Crippen LogP contribution in [-0.2, 0) is 28.6 Å². The maximum atomic E-state index is 13.4. The zero-order valence-corrected chi connectivity index (χ0v) is 23.9. The average Bonchev–Trinajstić information content (AvgIpc) is 3.13. The molecule has 2 N–H and O–H groups in total. The fourth-order valence-corrected chi connectivity index (χ4v) is 6.92. The Morgan fingerprint density at radius 2 is 1.81 bits per heavy atom. The first-order valence-corrected chi connectivity index (χ1v) is 13.1. The number of methoxy groups -OCH3 is 1. The molecule has 37 heavy (non-hydrogen) atoms. The highest BCUT2D eigenvalue weighted by Gasteiger charge is 2.83. The monoisotopic (exact) mass is 520 g/mol. The first-order valence-electron chi connectivity index (χ1n) is 13.1. The van der Waals surface area contributed by atoms with E-state index in [9.17, 15) is 24.6 Å². The van der Waals surface area contributed by atoms with Gasteiger partial charge in [0.1, 0.15) is 23.9 Å². The van der Waals surface area contributed by atoms with Gasteiger partial charge in [0.2, 0.25) is 0 Å². The molecule has 3 aliphatic carbocycles. The summed E-state index contributed by atoms with van der Waals surface area (Å²) >= 11 is 0. The number of esters is 2. The van der Waals surface area contributed by atoms with E-state index in [-0.39, 0.29) is 31.3 Å². The van der Waals surface area contributed by atoms with E-state index in [0.29, 0.717) is 11.1 Å². The summed E-state index contributed by atoms with van der Waals surface area (Å²) in [4.78, 5) is 37.8. The fourth-order valence-electron chi connectivity index (χ4n) is 6.92. The van der Waals surface area contributed by atoms with Crippen molar-refractivity contribution in [2.24, 2.45) is 28.6 Å². The Morgan fingerprint density at radius 1 is 1.22 bits per heavy atom. The van der Waals surface area contributed by atoms with Crippen LogP contribution in [0.4, 0.5) is 0 Å². The predicted octanol–water partition coefficient (Wildman–Crippen LogP) is 3.53. The quantitative estimate of drug-likeness (QED) is 0.387. The zero-order valence-electron chi connectivity index (χ0n) is 23.9. The van der Waals surface area contributed by atoms with Crippen molar-refractivity contribution in [1.29, 1.82) is 0 Å². The standard InChI is InChI=1S/C29H44O8/c1-11-19(15-36-24(32)25(5,6)7)13-28(34)20(12-16(2)22(28)31)27(33)14-21-26(8,9)29(21,37-18(4)30)23(35-10)17(27)3/h11-12,17,20-21,23,33-34H,13-15H2,1-10H3/b19-11+/t17-,20+,21?,23-,27+,28-,29-/m1/s1. The lowest BCUT2D eigenvalue weighted by atomic mass is 9.62. The van der Waals surface area contributed by atoms with Crippen molar-refractivity contribution in [1.82, 2.24) is 0 Å². The molecular formula is C29H44O8. The Labute approximate surface area is 220 Å². The molecule has 0 amide bonds. The number of Topliss-reactive ketones (excluding diaryl/α,β-unsaturated/α-hetero) is 1. The second kappa shape index (κ2) is 9.31. The number of carbonyl (C=O) groups excluding carboxylic acids is 3. The summed E-state index contributed by atoms with van der Waals surface area (Å²) in [5.41, 5.74) is -4.54. The maximum absolute atomic E-state index is 13.4. The molecule has 0 spiro atoms. The number of carbonyl (C=O) groups is 3. The Balaban J connectivity index is 1.96. The first kappa shape index (κ1) is 29.5. The van der Waals surface area contributed by atoms with Crippen LogP contribution in [0, 0.1) is 28.6 Å². The molecule has 7 atom stereocenters. The van der Waals surface area contributed by atoms with Crippen molar-refractivity contribution < 1.29 is 38.8 Å². The van der Waals surface area contributed by atoms with Gasteiger partial charge in [-0.05, 0) is 52.2 Å². The minimum atomic E-state index is -1.93. The van der Waals surface area contributed by atoms with Crippen molar-refractivity contribution in [2.45, 2.75) is 98.1 Å². The van der Waals surface area contributed by atoms with Crippen LogP contribution in [0.1, 0.15) is 75.2 Å². The van der Waals surface area contributed by atoms with Gasteiger partial charge >= 0.3 is 11.9 Å². The molecule has 1 unspecified atom stereocenters. The summed E-state index contributed by atoms with van der Waals surface area (Å²) in [6.45, 7) is 15.8. The number of aliphatic hydroxyl groups is 2. The molecule has 8 nitrogen and oxygen atoms in total. The Hall–Kier alpha value is -2.03. The van der Waals surface area contributed by atoms with E-state index >= 15 is 0 Å². The average molecular weight is 521 g/mol. The van der Waals surface area contributed by atoms with Gasteiger partial charge in [-0.2, -0.15) is 0 Å². The van der Waals surface area contributed by atoms with Crippen molar-refractivity contribution in [3.8, 4) is 0 Å². The molecule has 0 heterocycles. The molecule has 208 valence electrons. The lowest BCUT2D eigenvalue weighted by Crippen LogP contribution is -2.63. The second-order valence-electron chi connectivity index (χ2n) is 12.8. The summed E-state index contributed by atoms with van der Waals surface area (Å²) in [5.74, 6) is -2.99. The van der Waals surface area contributed by atoms with Gasteiger partial charge in [0.25, 0.3) is 0 Å². The molecule has 0 saturated heterocycles. The van der Waals surface area contributed by atoms with Gasteiger partial charge in [0.05, 0.1) is 11.0 Å². The molecule has 3 aliphatic rings. The van der Waals surface area contributed by atoms with E-state index < -0.39 is 57.3 Å². The van der Waals surface area contributed by atoms with Gasteiger partial charge in [0, 0.05) is 43.6 Å². The smallest absolute Gasteiger partial charge is 0.311 e. The first-order chi connectivity index (χ1) is 16.8. The van der Waals surface area contributed by atoms with Crippen LogP contribution in [0.15, 0.2) is 23.3 Å². The van der Waals surface area contributed by atoms with Gasteiger partial charge in [0.15, 0.2) is 5.78 Å². The minimum Gasteiger partial charge on any atom is -0.461 e. The summed E-state index contributed by atoms with van der Waals surface area (Å²) in [7, 11) is 1.53. The molecule has 0 aliphatic heterocycles. The van der Waals surface area contributed by atoms with Crippen molar-refractivity contribution in [3.05, 3.63) is 23.3 Å². The molecule has 3 rings (SSSR count). The van der Waals surface area contributed by atoms with Gasteiger partial charge in [-0.15, -0.1) is 0 Å². The van der Waals surface area contributed by atoms with Crippen LogP contribution in [0.2, 0.25) is 0 Å². The number of ketones is 1. The lowest BCUT2D eigenvalue weighted by Gasteiger charge is -2.51. The van der Waals surface area contributed by atoms with Crippen molar-refractivity contribution >= 4 is 17.7 Å². The third kappa shape index (κ3) is 4.39. The predicted molar refractivity (Wildman–Crippen MR) is 137 cm³/mol. The summed E-state index contributed by atoms with van der Waals surface area (Å²) in [6.07, 6.45) is 2.89. The SMILES string of the molecule is C/C=C(/COC(=O)C(C)(C)C)C[C@]1(O)C(=O)C(C)=C[C@H]1[C@]1(O)CC2C(C)(C)[C@]2(OC(C)=O)[C@H](OC)[C@H]1C. The van der Waals surface area contributed by atoms with Crippen LogP contribution >= 0.6 is 0 Å². The number of ether oxygens (including phenoxy) is 3. The molecular weight excluding hydrogens is 476 g/mol. The van der Waals surface area contributed by atoms with Crippen LogP contribution in [0.5, 0.6) is 0 Å². The number of hydrogen-bond donors (Lipinski definition) is 2. The molecule has 2 saturated carbocycles. The van der Waals surface area contributed by atoms with E-state index in [1.165, 1.54) is 14.0 Å². The Morgan fingerprint density at radius 3 is 2.30 bits per heavy atom. The van der Waals surface area contributed by atoms with E-state index in [1.54, 1.807) is 46.8 Å². The minimum absolute atomic E-state index is 0.0616. The molecule has 0 radical (unpaired) electrons. The molecule has 0 aromatic rings. The summed E-state index contributed by atoms with van der Waals surface area (Å²) in [6, 6.07) is 0. The largest absolute Gasteiger partial charge is 0.461 e. The van der Waals surface area contributed by atoms with E-state index in [0.717, 1.165) is 0 Å². The van der Waals surface area contributed by atoms with Gasteiger partial charge < -0.3 is 24.4 Å². The highest BCUT2D eigenvalue weighted by Crippen LogP contribution is 2.74. The molecule has 0 aromatic heterocycles. The number of fused-ring (bicyclic) bond motifs is 1. The fraction of sp³-hybridized carbons (Fsp3) is 0.759. The lowest BCUT2D eigenvalue weighted by molar-refractivity contribution is -0.213. The zero-order chi connectivity index (χ0) is 28.4. The van der Waals surface area contributed by atoms with Gasteiger partial charge in [-0.1, -0.05) is 32.9 Å². The Bertz CT molecular complexity index is 1030. The molecule has 0 bridgehead atoms. The highest BCUT2D eigenvalue weighted by atomic mass is 16.6. The topological polar surface area (TPSA) is 119 Å². The number of allylic oxidation sites excluding steroid dienone is 1. The summed E-state index contributed by atoms with van der Waals surface area (Å²) in [5, 5.41) is 24.3. The van der Waals surface area contributed by atoms with Gasteiger partial charge in [-0.3, -0.25) is 14.4 Å². The van der Waals surface area contributed by atoms with Gasteiger partial charge in [-0.25, -0.2) is 0 Å². The van der Waals surface area contributed by atoms with Crippen LogP contribution in [-0.4, -0.2) is 64.6 Å². The molecule has 8 heteroatoms. The van der Waals surface area contributed by atoms with Crippen LogP contribution in [0.25, 0.3) is 0 Å². The Kier molecular flexibility index (Phi) is 7.43. The second-order valence-corrected chi connectivity index (χ2v) is 12.8. The van der Waals surface area contributed by atoms with E-state index in [1.807, 2.05) is 20.8 Å². The highest BCUT2D eigenvalue weighted by molar-refractivity contribution is 6.04. The van der Waals surface area contributed by atoms with Crippen LogP contribution in [0.3, 0.4) is 0 Å². The van der Waals surface area contributed by atoms with Crippen LogP contribution < -0.4 is 0 Å². The normalized spacial score (nSPS) is 39.1. The van der Waals surface area contributed by atoms with E-state index in [4.69, 9.17) is 14.2 Å². The summed E-state index contributed by atoms with van der Waals surface area (Å²) < 4.78 is 17.2. The molecule has 2 fully saturated rings. The number of rotatable bonds is 7. The third-order valence-corrected chi connectivity index (χ3v) is 9.20. The third-order valence-electron chi connectivity index (χ3n) is 9.20. The molecule has 0 aromatic carbocycles. The van der Waals surface area contributed by atoms with Crippen molar-refractivity contribution in [3.63, 3.8) is 0 Å². The van der Waals surface area contributed by atoms with Crippen molar-refractivity contribution in [2.75, 3.05) is 13.7 Å². The van der Waals surface area contributed by atoms with E-state index in [2.05, 4.69) is 0 Å².